The minimum atomic E-state index is -0.644. The summed E-state index contributed by atoms with van der Waals surface area (Å²) in [7, 11) is 0. The molecule has 3 rings (SSSR count). The average molecular weight is 411 g/mol. The Kier molecular flexibility index (Phi) is 7.84. The Hall–Kier alpha value is -1.73. The van der Waals surface area contributed by atoms with Gasteiger partial charge in [-0.3, -0.25) is 4.79 Å². The lowest BCUT2D eigenvalue weighted by atomic mass is 9.83. The molecule has 162 valence electrons. The molecule has 7 heteroatoms. The molecule has 0 saturated heterocycles. The van der Waals surface area contributed by atoms with E-state index in [1.54, 1.807) is 0 Å². The Balaban J connectivity index is 1.43. The van der Waals surface area contributed by atoms with Gasteiger partial charge in [0.15, 0.2) is 0 Å². The number of halogens is 2. The predicted octanol–water partition coefficient (Wildman–Crippen LogP) is 3.69. The summed E-state index contributed by atoms with van der Waals surface area (Å²) >= 11 is 0. The second-order valence-electron chi connectivity index (χ2n) is 8.29. The number of nitrogens with one attached hydrogen (secondary N) is 1. The van der Waals surface area contributed by atoms with E-state index in [0.717, 1.165) is 51.0 Å². The van der Waals surface area contributed by atoms with Crippen molar-refractivity contribution < 1.29 is 23.0 Å². The summed E-state index contributed by atoms with van der Waals surface area (Å²) in [6.07, 6.45) is 6.12. The van der Waals surface area contributed by atoms with Gasteiger partial charge < -0.3 is 20.5 Å². The van der Waals surface area contributed by atoms with Gasteiger partial charge in [0, 0.05) is 42.8 Å². The van der Waals surface area contributed by atoms with Gasteiger partial charge in [-0.1, -0.05) is 6.92 Å². The van der Waals surface area contributed by atoms with Crippen LogP contribution < -0.4 is 15.8 Å². The highest BCUT2D eigenvalue weighted by Gasteiger charge is 2.34. The van der Waals surface area contributed by atoms with Gasteiger partial charge in [0.2, 0.25) is 5.91 Å². The molecule has 0 bridgehead atoms. The topological polar surface area (TPSA) is 73.6 Å². The standard InChI is InChI=1S/C22H32F2N2O3/c1-2-9-28-21-10-14(3-8-20(21)25)22(27)26-17-4-6-18(7-5-17)29-19-12-15(23)11-16(24)13-19/h11-14,17-18,20-21H,2-10,25H2,1H3,(H,26,27)/t14-,17?,18?,20+,21+/m0/s1. The van der Waals surface area contributed by atoms with Crippen molar-refractivity contribution in [1.29, 1.82) is 0 Å². The highest BCUT2D eigenvalue weighted by molar-refractivity contribution is 5.79. The smallest absolute Gasteiger partial charge is 0.223 e. The summed E-state index contributed by atoms with van der Waals surface area (Å²) in [6, 6.07) is 3.33. The van der Waals surface area contributed by atoms with E-state index >= 15 is 0 Å². The van der Waals surface area contributed by atoms with E-state index in [2.05, 4.69) is 12.2 Å². The first-order valence-electron chi connectivity index (χ1n) is 10.7. The van der Waals surface area contributed by atoms with Crippen LogP contribution in [0.2, 0.25) is 0 Å². The SMILES string of the molecule is CCCO[C@@H]1C[C@@H](C(=O)NC2CCC(Oc3cc(F)cc(F)c3)CC2)CC[C@H]1N. The second-order valence-corrected chi connectivity index (χ2v) is 8.29. The number of rotatable bonds is 7. The van der Waals surface area contributed by atoms with Gasteiger partial charge in [0.05, 0.1) is 12.2 Å². The number of ether oxygens (including phenoxy) is 2. The summed E-state index contributed by atoms with van der Waals surface area (Å²) in [5.74, 6) is -1.05. The van der Waals surface area contributed by atoms with Gasteiger partial charge in [-0.15, -0.1) is 0 Å². The molecular formula is C22H32F2N2O3. The number of hydrogen-bond acceptors (Lipinski definition) is 4. The highest BCUT2D eigenvalue weighted by Crippen LogP contribution is 2.28. The van der Waals surface area contributed by atoms with Crippen molar-refractivity contribution in [3.8, 4) is 5.75 Å². The van der Waals surface area contributed by atoms with Crippen molar-refractivity contribution in [3.63, 3.8) is 0 Å². The quantitative estimate of drug-likeness (QED) is 0.719. The third-order valence-electron chi connectivity index (χ3n) is 5.91. The molecule has 0 aromatic heterocycles. The van der Waals surface area contributed by atoms with Crippen molar-refractivity contribution in [2.75, 3.05) is 6.61 Å². The van der Waals surface area contributed by atoms with Crippen LogP contribution in [0.4, 0.5) is 8.78 Å². The lowest BCUT2D eigenvalue weighted by Crippen LogP contribution is -2.48. The molecule has 1 aromatic carbocycles. The summed E-state index contributed by atoms with van der Waals surface area (Å²) in [6.45, 7) is 2.73. The molecule has 0 aliphatic heterocycles. The van der Waals surface area contributed by atoms with Crippen molar-refractivity contribution in [3.05, 3.63) is 29.8 Å². The molecule has 29 heavy (non-hydrogen) atoms. The molecule has 0 radical (unpaired) electrons. The fraction of sp³-hybridized carbons (Fsp3) is 0.682. The molecule has 3 N–H and O–H groups in total. The Morgan fingerprint density at radius 2 is 1.79 bits per heavy atom. The number of hydrogen-bond donors (Lipinski definition) is 2. The number of carbonyl (C=O) groups excluding carboxylic acids is 1. The fourth-order valence-electron chi connectivity index (χ4n) is 4.28. The zero-order chi connectivity index (χ0) is 20.8. The molecule has 2 fully saturated rings. The van der Waals surface area contributed by atoms with E-state index in [1.165, 1.54) is 12.1 Å². The number of carbonyl (C=O) groups is 1. The van der Waals surface area contributed by atoms with Crippen LogP contribution in [-0.4, -0.2) is 36.8 Å². The van der Waals surface area contributed by atoms with E-state index in [1.807, 2.05) is 0 Å². The Morgan fingerprint density at radius 3 is 2.45 bits per heavy atom. The molecular weight excluding hydrogens is 378 g/mol. The van der Waals surface area contributed by atoms with Crippen LogP contribution in [0, 0.1) is 17.6 Å². The molecule has 2 aliphatic rings. The number of nitrogens with two attached hydrogens (primary N) is 1. The highest BCUT2D eigenvalue weighted by atomic mass is 19.1. The van der Waals surface area contributed by atoms with Crippen molar-refractivity contribution >= 4 is 5.91 Å². The first-order valence-corrected chi connectivity index (χ1v) is 10.7. The predicted molar refractivity (Wildman–Crippen MR) is 107 cm³/mol. The second kappa shape index (κ2) is 10.3. The van der Waals surface area contributed by atoms with Gasteiger partial charge in [0.25, 0.3) is 0 Å². The normalized spacial score (nSPS) is 30.0. The van der Waals surface area contributed by atoms with E-state index in [9.17, 15) is 13.6 Å². The van der Waals surface area contributed by atoms with E-state index < -0.39 is 11.6 Å². The Morgan fingerprint density at radius 1 is 1.10 bits per heavy atom. The van der Waals surface area contributed by atoms with E-state index in [0.29, 0.717) is 13.0 Å². The molecule has 3 atom stereocenters. The summed E-state index contributed by atoms with van der Waals surface area (Å²) in [5, 5.41) is 3.17. The van der Waals surface area contributed by atoms with E-state index in [4.69, 9.17) is 15.2 Å². The van der Waals surface area contributed by atoms with Crippen LogP contribution in [0.15, 0.2) is 18.2 Å². The molecule has 0 spiro atoms. The number of benzene rings is 1. The van der Waals surface area contributed by atoms with Crippen LogP contribution >= 0.6 is 0 Å². The van der Waals surface area contributed by atoms with E-state index in [-0.39, 0.29) is 41.9 Å². The zero-order valence-electron chi connectivity index (χ0n) is 17.0. The largest absolute Gasteiger partial charge is 0.490 e. The zero-order valence-corrected chi connectivity index (χ0v) is 17.0. The molecule has 5 nitrogen and oxygen atoms in total. The molecule has 2 saturated carbocycles. The third-order valence-corrected chi connectivity index (χ3v) is 5.91. The molecule has 1 aromatic rings. The summed E-state index contributed by atoms with van der Waals surface area (Å²) in [4.78, 5) is 12.7. The monoisotopic (exact) mass is 410 g/mol. The van der Waals surface area contributed by atoms with Gasteiger partial charge in [0.1, 0.15) is 17.4 Å². The maximum absolute atomic E-state index is 13.3. The minimum Gasteiger partial charge on any atom is -0.490 e. The van der Waals surface area contributed by atoms with Crippen LogP contribution in [0.5, 0.6) is 5.75 Å². The first kappa shape index (κ1) is 22.0. The van der Waals surface area contributed by atoms with Crippen molar-refractivity contribution in [2.24, 2.45) is 11.7 Å². The molecule has 1 amide bonds. The minimum absolute atomic E-state index is 0.00541. The van der Waals surface area contributed by atoms with Gasteiger partial charge in [-0.25, -0.2) is 8.78 Å². The maximum Gasteiger partial charge on any atom is 0.223 e. The van der Waals surface area contributed by atoms with Crippen LogP contribution in [-0.2, 0) is 9.53 Å². The first-order chi connectivity index (χ1) is 13.9. The lowest BCUT2D eigenvalue weighted by Gasteiger charge is -2.35. The van der Waals surface area contributed by atoms with Crippen LogP contribution in [0.1, 0.15) is 58.3 Å². The van der Waals surface area contributed by atoms with Gasteiger partial charge >= 0.3 is 0 Å². The Bertz CT molecular complexity index is 660. The molecule has 0 unspecified atom stereocenters. The third kappa shape index (κ3) is 6.37. The van der Waals surface area contributed by atoms with Crippen LogP contribution in [0.25, 0.3) is 0 Å². The molecule has 0 heterocycles. The molecule has 2 aliphatic carbocycles. The summed E-state index contributed by atoms with van der Waals surface area (Å²) < 4.78 is 38.2. The maximum atomic E-state index is 13.3. The Labute approximate surface area is 171 Å². The summed E-state index contributed by atoms with van der Waals surface area (Å²) in [5.41, 5.74) is 6.15. The van der Waals surface area contributed by atoms with Gasteiger partial charge in [-0.2, -0.15) is 0 Å². The number of amides is 1. The van der Waals surface area contributed by atoms with Gasteiger partial charge in [-0.05, 0) is 51.4 Å². The van der Waals surface area contributed by atoms with Crippen LogP contribution in [0.3, 0.4) is 0 Å². The fourth-order valence-corrected chi connectivity index (χ4v) is 4.28. The van der Waals surface area contributed by atoms with Crippen molar-refractivity contribution in [1.82, 2.24) is 5.32 Å². The average Bonchev–Trinajstić information content (AvgIpc) is 2.68. The lowest BCUT2D eigenvalue weighted by molar-refractivity contribution is -0.129. The van der Waals surface area contributed by atoms with Crippen molar-refractivity contribution in [2.45, 2.75) is 82.6 Å².